The number of hydrogen-bond acceptors (Lipinski definition) is 5. The molecular weight excluding hydrogens is 374 g/mol. The molecule has 6 heteroatoms. The second-order valence-corrected chi connectivity index (χ2v) is 11.0. The van der Waals surface area contributed by atoms with E-state index in [0.717, 1.165) is 50.8 Å². The molecule has 0 spiro atoms. The molecule has 1 saturated heterocycles. The van der Waals surface area contributed by atoms with Crippen molar-refractivity contribution in [2.75, 3.05) is 26.4 Å². The summed E-state index contributed by atoms with van der Waals surface area (Å²) in [6.07, 6.45) is 6.26. The third kappa shape index (κ3) is 4.28. The Hall–Kier alpha value is -1.40. The lowest BCUT2D eigenvalue weighted by atomic mass is 9.70. The number of likely N-dealkylation sites (tertiary alicyclic amines) is 1. The minimum absolute atomic E-state index is 0.0558. The van der Waals surface area contributed by atoms with Gasteiger partial charge in [-0.1, -0.05) is 31.9 Å². The molecule has 1 aliphatic heterocycles. The van der Waals surface area contributed by atoms with Crippen LogP contribution in [0.2, 0.25) is 0 Å². The van der Waals surface area contributed by atoms with E-state index >= 15 is 0 Å². The van der Waals surface area contributed by atoms with Crippen LogP contribution in [0.3, 0.4) is 0 Å². The van der Waals surface area contributed by atoms with Crippen LogP contribution >= 0.6 is 0 Å². The second kappa shape index (κ2) is 8.15. The number of benzene rings is 1. The number of sulfone groups is 1. The van der Waals surface area contributed by atoms with E-state index in [1.54, 1.807) is 24.3 Å². The van der Waals surface area contributed by atoms with E-state index in [-0.39, 0.29) is 22.9 Å². The normalized spacial score (nSPS) is 26.7. The fraction of sp³-hybridized carbons (Fsp3) is 0.682. The summed E-state index contributed by atoms with van der Waals surface area (Å²) in [7, 11) is -1.16. The van der Waals surface area contributed by atoms with Crippen molar-refractivity contribution in [1.29, 1.82) is 0 Å². The summed E-state index contributed by atoms with van der Waals surface area (Å²) < 4.78 is 29.7. The SMILES string of the molecule is CC1CN(C)CCC1OC(=O)C(C)(c1ccc(S(C)(=O)=O)cc1)C1CCCC1. The molecule has 1 aromatic carbocycles. The lowest BCUT2D eigenvalue weighted by molar-refractivity contribution is -0.163. The summed E-state index contributed by atoms with van der Waals surface area (Å²) in [6, 6.07) is 6.83. The van der Waals surface area contributed by atoms with Gasteiger partial charge >= 0.3 is 5.97 Å². The van der Waals surface area contributed by atoms with Gasteiger partial charge in [0.2, 0.25) is 0 Å². The van der Waals surface area contributed by atoms with E-state index < -0.39 is 15.3 Å². The van der Waals surface area contributed by atoms with Crippen molar-refractivity contribution < 1.29 is 17.9 Å². The van der Waals surface area contributed by atoms with Crippen LogP contribution < -0.4 is 0 Å². The Bertz CT molecular complexity index is 798. The Kier molecular flexibility index (Phi) is 6.20. The number of ether oxygens (including phenoxy) is 1. The van der Waals surface area contributed by atoms with Crippen LogP contribution in [-0.4, -0.2) is 51.8 Å². The monoisotopic (exact) mass is 407 g/mol. The van der Waals surface area contributed by atoms with Gasteiger partial charge < -0.3 is 9.64 Å². The lowest BCUT2D eigenvalue weighted by Crippen LogP contribution is -2.47. The molecule has 5 nitrogen and oxygen atoms in total. The van der Waals surface area contributed by atoms with Crippen LogP contribution in [0.4, 0.5) is 0 Å². The standard InChI is InChI=1S/C22H33NO4S/c1-16-15-23(3)14-13-20(16)27-21(24)22(2,17-7-5-6-8-17)18-9-11-19(12-10-18)28(4,25)26/h9-12,16-17,20H,5-8,13-15H2,1-4H3. The number of rotatable bonds is 5. The summed E-state index contributed by atoms with van der Waals surface area (Å²) in [5, 5.41) is 0. The number of nitrogens with zero attached hydrogens (tertiary/aromatic N) is 1. The summed E-state index contributed by atoms with van der Waals surface area (Å²) in [5.41, 5.74) is 0.118. The van der Waals surface area contributed by atoms with Gasteiger partial charge in [-0.25, -0.2) is 8.42 Å². The van der Waals surface area contributed by atoms with E-state index in [2.05, 4.69) is 18.9 Å². The number of esters is 1. The largest absolute Gasteiger partial charge is 0.461 e. The first-order valence-corrected chi connectivity index (χ1v) is 12.2. The van der Waals surface area contributed by atoms with E-state index in [4.69, 9.17) is 4.74 Å². The van der Waals surface area contributed by atoms with Gasteiger partial charge in [0.1, 0.15) is 6.10 Å². The number of carbonyl (C=O) groups is 1. The van der Waals surface area contributed by atoms with E-state index in [1.807, 2.05) is 6.92 Å². The fourth-order valence-corrected chi connectivity index (χ4v) is 5.47. The summed E-state index contributed by atoms with van der Waals surface area (Å²) in [6.45, 7) is 5.99. The summed E-state index contributed by atoms with van der Waals surface area (Å²) in [5.74, 6) is 0.377. The zero-order valence-electron chi connectivity index (χ0n) is 17.5. The third-order valence-corrected chi connectivity index (χ3v) is 7.89. The van der Waals surface area contributed by atoms with Crippen LogP contribution in [0.1, 0.15) is 51.5 Å². The smallest absolute Gasteiger partial charge is 0.316 e. The van der Waals surface area contributed by atoms with Crippen LogP contribution in [0.15, 0.2) is 29.2 Å². The van der Waals surface area contributed by atoms with Crippen molar-refractivity contribution >= 4 is 15.8 Å². The maximum atomic E-state index is 13.5. The molecule has 1 heterocycles. The molecule has 2 fully saturated rings. The van der Waals surface area contributed by atoms with Crippen molar-refractivity contribution in [3.8, 4) is 0 Å². The molecular formula is C22H33NO4S. The molecule has 156 valence electrons. The highest BCUT2D eigenvalue weighted by Gasteiger charge is 2.46. The third-order valence-electron chi connectivity index (χ3n) is 6.77. The molecule has 2 aliphatic rings. The highest BCUT2D eigenvalue weighted by atomic mass is 32.2. The Morgan fingerprint density at radius 1 is 1.14 bits per heavy atom. The van der Waals surface area contributed by atoms with Crippen LogP contribution in [0.5, 0.6) is 0 Å². The van der Waals surface area contributed by atoms with Gasteiger partial charge in [0.15, 0.2) is 9.84 Å². The van der Waals surface area contributed by atoms with Gasteiger partial charge in [-0.2, -0.15) is 0 Å². The average Bonchev–Trinajstić information content (AvgIpc) is 3.18. The van der Waals surface area contributed by atoms with Gasteiger partial charge in [-0.15, -0.1) is 0 Å². The first kappa shape index (κ1) is 21.3. The number of piperidine rings is 1. The molecule has 3 atom stereocenters. The van der Waals surface area contributed by atoms with E-state index in [9.17, 15) is 13.2 Å². The molecule has 1 saturated carbocycles. The first-order valence-electron chi connectivity index (χ1n) is 10.3. The highest BCUT2D eigenvalue weighted by molar-refractivity contribution is 7.90. The predicted molar refractivity (Wildman–Crippen MR) is 110 cm³/mol. The molecule has 3 rings (SSSR count). The van der Waals surface area contributed by atoms with Gasteiger partial charge in [0.05, 0.1) is 10.3 Å². The van der Waals surface area contributed by atoms with Crippen molar-refractivity contribution in [2.45, 2.75) is 62.4 Å². The molecule has 1 aliphatic carbocycles. The van der Waals surface area contributed by atoms with Gasteiger partial charge in [0.25, 0.3) is 0 Å². The predicted octanol–water partition coefficient (Wildman–Crippen LogP) is 3.42. The van der Waals surface area contributed by atoms with Crippen molar-refractivity contribution in [3.63, 3.8) is 0 Å². The Morgan fingerprint density at radius 3 is 2.29 bits per heavy atom. The maximum absolute atomic E-state index is 13.5. The topological polar surface area (TPSA) is 63.7 Å². The van der Waals surface area contributed by atoms with Crippen molar-refractivity contribution in [1.82, 2.24) is 4.90 Å². The van der Waals surface area contributed by atoms with Crippen molar-refractivity contribution in [2.24, 2.45) is 11.8 Å². The number of hydrogen-bond donors (Lipinski definition) is 0. The van der Waals surface area contributed by atoms with Gasteiger partial charge in [-0.3, -0.25) is 4.79 Å². The van der Waals surface area contributed by atoms with E-state index in [0.29, 0.717) is 5.92 Å². The average molecular weight is 408 g/mol. The van der Waals surface area contributed by atoms with Gasteiger partial charge in [-0.05, 0) is 56.8 Å². The molecule has 0 aromatic heterocycles. The summed E-state index contributed by atoms with van der Waals surface area (Å²) >= 11 is 0. The minimum atomic E-state index is -3.26. The lowest BCUT2D eigenvalue weighted by Gasteiger charge is -2.39. The zero-order chi connectivity index (χ0) is 20.5. The minimum Gasteiger partial charge on any atom is -0.461 e. The highest BCUT2D eigenvalue weighted by Crippen LogP contribution is 2.44. The maximum Gasteiger partial charge on any atom is 0.316 e. The Balaban J connectivity index is 1.88. The fourth-order valence-electron chi connectivity index (χ4n) is 4.84. The quantitative estimate of drug-likeness (QED) is 0.700. The van der Waals surface area contributed by atoms with Crippen molar-refractivity contribution in [3.05, 3.63) is 29.8 Å². The molecule has 0 radical (unpaired) electrons. The number of carbonyl (C=O) groups excluding carboxylic acids is 1. The van der Waals surface area contributed by atoms with Gasteiger partial charge in [0, 0.05) is 25.3 Å². The molecule has 3 unspecified atom stereocenters. The Labute approximate surface area is 169 Å². The zero-order valence-corrected chi connectivity index (χ0v) is 18.3. The molecule has 0 bridgehead atoms. The van der Waals surface area contributed by atoms with Crippen LogP contribution in [0.25, 0.3) is 0 Å². The summed E-state index contributed by atoms with van der Waals surface area (Å²) in [4.78, 5) is 16.0. The molecule has 28 heavy (non-hydrogen) atoms. The molecule has 0 amide bonds. The van der Waals surface area contributed by atoms with Crippen LogP contribution in [0, 0.1) is 11.8 Å². The Morgan fingerprint density at radius 2 is 1.75 bits per heavy atom. The van der Waals surface area contributed by atoms with E-state index in [1.165, 1.54) is 6.26 Å². The second-order valence-electron chi connectivity index (χ2n) is 8.95. The molecule has 1 aromatic rings. The van der Waals surface area contributed by atoms with Crippen LogP contribution in [-0.2, 0) is 24.8 Å². The molecule has 0 N–H and O–H groups in total. The first-order chi connectivity index (χ1) is 13.1.